The maximum Gasteiger partial charge on any atom is 0.0858 e. The minimum absolute atomic E-state index is 0.334. The number of fused-ring (bicyclic) bond motifs is 1. The van der Waals surface area contributed by atoms with Crippen LogP contribution in [-0.2, 0) is 9.47 Å². The molecule has 0 aliphatic carbocycles. The Morgan fingerprint density at radius 2 is 2.32 bits per heavy atom. The minimum atomic E-state index is 0.334. The van der Waals surface area contributed by atoms with Gasteiger partial charge in [-0.25, -0.2) is 0 Å². The first kappa shape index (κ1) is 15.2. The number of ether oxygens (including phenoxy) is 2. The van der Waals surface area contributed by atoms with Crippen LogP contribution in [0.2, 0.25) is 0 Å². The lowest BCUT2D eigenvalue weighted by atomic mass is 9.92. The second-order valence-electron chi connectivity index (χ2n) is 6.00. The Bertz CT molecular complexity index is 263. The number of rotatable bonds is 7. The van der Waals surface area contributed by atoms with Crippen molar-refractivity contribution in [2.75, 3.05) is 40.0 Å². The molecule has 1 N–H and O–H groups in total. The van der Waals surface area contributed by atoms with Crippen LogP contribution >= 0.6 is 0 Å². The molecule has 0 aromatic carbocycles. The molecule has 0 radical (unpaired) electrons. The van der Waals surface area contributed by atoms with Crippen LogP contribution in [0.3, 0.4) is 0 Å². The zero-order chi connectivity index (χ0) is 13.7. The lowest BCUT2D eigenvalue weighted by Gasteiger charge is -2.41. The summed E-state index contributed by atoms with van der Waals surface area (Å²) in [6, 6.07) is 1.13. The van der Waals surface area contributed by atoms with E-state index in [0.29, 0.717) is 24.1 Å². The minimum Gasteiger partial charge on any atom is -0.385 e. The summed E-state index contributed by atoms with van der Waals surface area (Å²) in [5.74, 6) is 0.587. The van der Waals surface area contributed by atoms with Crippen LogP contribution < -0.4 is 5.32 Å². The largest absolute Gasteiger partial charge is 0.385 e. The zero-order valence-electron chi connectivity index (χ0n) is 12.7. The maximum atomic E-state index is 6.16. The molecular weight excluding hydrogens is 240 g/mol. The molecule has 4 atom stereocenters. The van der Waals surface area contributed by atoms with Gasteiger partial charge in [0, 0.05) is 32.3 Å². The van der Waals surface area contributed by atoms with Gasteiger partial charge in [0.05, 0.1) is 12.7 Å². The van der Waals surface area contributed by atoms with E-state index in [2.05, 4.69) is 24.1 Å². The predicted molar refractivity (Wildman–Crippen MR) is 77.5 cm³/mol. The molecule has 4 heteroatoms. The van der Waals surface area contributed by atoms with Gasteiger partial charge in [0.15, 0.2) is 0 Å². The Balaban J connectivity index is 1.90. The van der Waals surface area contributed by atoms with Crippen molar-refractivity contribution in [2.45, 2.75) is 51.3 Å². The molecule has 19 heavy (non-hydrogen) atoms. The van der Waals surface area contributed by atoms with Crippen LogP contribution in [-0.4, -0.2) is 63.0 Å². The first-order chi connectivity index (χ1) is 9.26. The molecule has 0 spiro atoms. The van der Waals surface area contributed by atoms with E-state index >= 15 is 0 Å². The van der Waals surface area contributed by atoms with E-state index in [9.17, 15) is 0 Å². The number of hydrogen-bond acceptors (Lipinski definition) is 4. The Morgan fingerprint density at radius 3 is 3.05 bits per heavy atom. The van der Waals surface area contributed by atoms with Crippen molar-refractivity contribution >= 4 is 0 Å². The van der Waals surface area contributed by atoms with Crippen LogP contribution in [0.1, 0.15) is 33.1 Å². The highest BCUT2D eigenvalue weighted by atomic mass is 16.5. The molecule has 2 saturated heterocycles. The number of morpholine rings is 1. The number of hydrogen-bond donors (Lipinski definition) is 1. The summed E-state index contributed by atoms with van der Waals surface area (Å²) in [5, 5.41) is 3.63. The summed E-state index contributed by atoms with van der Waals surface area (Å²) in [6.45, 7) is 9.61. The summed E-state index contributed by atoms with van der Waals surface area (Å²) in [6.07, 6.45) is 4.09. The van der Waals surface area contributed by atoms with Crippen LogP contribution in [0.4, 0.5) is 0 Å². The van der Waals surface area contributed by atoms with Crippen molar-refractivity contribution in [3.63, 3.8) is 0 Å². The highest BCUT2D eigenvalue weighted by Gasteiger charge is 2.37. The Morgan fingerprint density at radius 1 is 1.47 bits per heavy atom. The van der Waals surface area contributed by atoms with E-state index in [1.54, 1.807) is 7.11 Å². The van der Waals surface area contributed by atoms with E-state index in [4.69, 9.17) is 9.47 Å². The molecule has 2 rings (SSSR count). The monoisotopic (exact) mass is 270 g/mol. The Kier molecular flexibility index (Phi) is 6.07. The molecule has 2 heterocycles. The van der Waals surface area contributed by atoms with Crippen molar-refractivity contribution in [1.82, 2.24) is 10.2 Å². The van der Waals surface area contributed by atoms with E-state index in [1.807, 2.05) is 0 Å². The fraction of sp³-hybridized carbons (Fsp3) is 1.00. The Hall–Kier alpha value is -0.160. The van der Waals surface area contributed by atoms with Crippen LogP contribution in [0.15, 0.2) is 0 Å². The molecule has 2 fully saturated rings. The zero-order valence-corrected chi connectivity index (χ0v) is 12.7. The molecule has 0 saturated carbocycles. The average Bonchev–Trinajstić information content (AvgIpc) is 2.89. The van der Waals surface area contributed by atoms with Gasteiger partial charge in [0.2, 0.25) is 0 Å². The highest BCUT2D eigenvalue weighted by molar-refractivity contribution is 4.91. The van der Waals surface area contributed by atoms with E-state index in [-0.39, 0.29) is 0 Å². The summed E-state index contributed by atoms with van der Waals surface area (Å²) >= 11 is 0. The normalized spacial score (nSPS) is 31.1. The van der Waals surface area contributed by atoms with Crippen molar-refractivity contribution in [3.8, 4) is 0 Å². The van der Waals surface area contributed by atoms with E-state index in [1.165, 1.54) is 19.4 Å². The van der Waals surface area contributed by atoms with Crippen molar-refractivity contribution in [1.29, 1.82) is 0 Å². The lowest BCUT2D eigenvalue weighted by molar-refractivity contribution is -0.0734. The lowest BCUT2D eigenvalue weighted by Crippen LogP contribution is -2.56. The van der Waals surface area contributed by atoms with Gasteiger partial charge >= 0.3 is 0 Å². The van der Waals surface area contributed by atoms with E-state index < -0.39 is 0 Å². The van der Waals surface area contributed by atoms with Gasteiger partial charge < -0.3 is 14.8 Å². The predicted octanol–water partition coefficient (Wildman–Crippen LogP) is 1.50. The first-order valence-electron chi connectivity index (χ1n) is 7.84. The SMILES string of the molecule is CCNC(C(C)CCOC)C1CN2CCCC2CO1. The molecule has 4 unspecified atom stereocenters. The smallest absolute Gasteiger partial charge is 0.0858 e. The van der Waals surface area contributed by atoms with Crippen molar-refractivity contribution in [2.24, 2.45) is 5.92 Å². The van der Waals surface area contributed by atoms with Gasteiger partial charge in [-0.2, -0.15) is 0 Å². The number of nitrogens with zero attached hydrogens (tertiary/aromatic N) is 1. The molecule has 0 aromatic heterocycles. The average molecular weight is 270 g/mol. The standard InChI is InChI=1S/C15H30N2O2/c1-4-16-15(12(2)7-9-18-3)14-10-17-8-5-6-13(17)11-19-14/h12-16H,4-11H2,1-3H3. The van der Waals surface area contributed by atoms with Gasteiger partial charge in [-0.05, 0) is 38.3 Å². The Labute approximate surface area is 117 Å². The third-order valence-electron chi connectivity index (χ3n) is 4.65. The summed E-state index contributed by atoms with van der Waals surface area (Å²) in [7, 11) is 1.78. The van der Waals surface area contributed by atoms with Crippen LogP contribution in [0, 0.1) is 5.92 Å². The molecule has 4 nitrogen and oxygen atoms in total. The highest BCUT2D eigenvalue weighted by Crippen LogP contribution is 2.26. The molecule has 2 aliphatic rings. The molecule has 0 amide bonds. The van der Waals surface area contributed by atoms with Crippen LogP contribution in [0.5, 0.6) is 0 Å². The topological polar surface area (TPSA) is 33.7 Å². The summed E-state index contributed by atoms with van der Waals surface area (Å²) < 4.78 is 11.4. The number of nitrogens with one attached hydrogen (secondary N) is 1. The molecule has 0 aromatic rings. The molecular formula is C15H30N2O2. The third-order valence-corrected chi connectivity index (χ3v) is 4.65. The van der Waals surface area contributed by atoms with Gasteiger partial charge in [0.25, 0.3) is 0 Å². The van der Waals surface area contributed by atoms with Crippen molar-refractivity contribution in [3.05, 3.63) is 0 Å². The second kappa shape index (κ2) is 7.58. The van der Waals surface area contributed by atoms with Crippen molar-refractivity contribution < 1.29 is 9.47 Å². The second-order valence-corrected chi connectivity index (χ2v) is 6.00. The quantitative estimate of drug-likeness (QED) is 0.760. The third kappa shape index (κ3) is 3.91. The van der Waals surface area contributed by atoms with Gasteiger partial charge in [-0.15, -0.1) is 0 Å². The fourth-order valence-corrected chi connectivity index (χ4v) is 3.48. The summed E-state index contributed by atoms with van der Waals surface area (Å²) in [5.41, 5.74) is 0. The molecule has 2 aliphatic heterocycles. The fourth-order valence-electron chi connectivity index (χ4n) is 3.48. The molecule has 112 valence electrons. The van der Waals surface area contributed by atoms with Gasteiger partial charge in [-0.3, -0.25) is 4.90 Å². The maximum absolute atomic E-state index is 6.16. The van der Waals surface area contributed by atoms with Gasteiger partial charge in [-0.1, -0.05) is 13.8 Å². The summed E-state index contributed by atoms with van der Waals surface area (Å²) in [4.78, 5) is 2.63. The van der Waals surface area contributed by atoms with E-state index in [0.717, 1.165) is 32.7 Å². The number of methoxy groups -OCH3 is 1. The number of likely N-dealkylation sites (N-methyl/N-ethyl adjacent to an activating group) is 1. The first-order valence-corrected chi connectivity index (χ1v) is 7.84. The van der Waals surface area contributed by atoms with Crippen LogP contribution in [0.25, 0.3) is 0 Å². The molecule has 0 bridgehead atoms. The van der Waals surface area contributed by atoms with Gasteiger partial charge in [0.1, 0.15) is 0 Å².